The lowest BCUT2D eigenvalue weighted by molar-refractivity contribution is -0.140. The molecule has 1 fully saturated rings. The summed E-state index contributed by atoms with van der Waals surface area (Å²) in [6.45, 7) is 7.41. The van der Waals surface area contributed by atoms with Gasteiger partial charge < -0.3 is 10.2 Å². The van der Waals surface area contributed by atoms with Crippen molar-refractivity contribution in [3.63, 3.8) is 0 Å². The summed E-state index contributed by atoms with van der Waals surface area (Å²) in [6, 6.07) is 18.3. The minimum Gasteiger partial charge on any atom is -0.352 e. The smallest absolute Gasteiger partial charge is 0.264 e. The summed E-state index contributed by atoms with van der Waals surface area (Å²) in [4.78, 5) is 29.4. The highest BCUT2D eigenvalue weighted by Gasteiger charge is 2.34. The summed E-state index contributed by atoms with van der Waals surface area (Å²) >= 11 is 6.04. The number of hydrogen-bond acceptors (Lipinski definition) is 4. The summed E-state index contributed by atoms with van der Waals surface area (Å²) in [7, 11) is -4.15. The van der Waals surface area contributed by atoms with Gasteiger partial charge in [0.2, 0.25) is 11.8 Å². The molecule has 9 heteroatoms. The number of rotatable bonds is 11. The van der Waals surface area contributed by atoms with Crippen LogP contribution in [0.1, 0.15) is 61.3 Å². The van der Waals surface area contributed by atoms with Crippen molar-refractivity contribution in [2.75, 3.05) is 10.8 Å². The van der Waals surface area contributed by atoms with Gasteiger partial charge in [0.05, 0.1) is 10.6 Å². The van der Waals surface area contributed by atoms with Crippen molar-refractivity contribution >= 4 is 39.1 Å². The predicted molar refractivity (Wildman–Crippen MR) is 168 cm³/mol. The van der Waals surface area contributed by atoms with Crippen LogP contribution in [0.2, 0.25) is 5.02 Å². The topological polar surface area (TPSA) is 86.8 Å². The Morgan fingerprint density at radius 2 is 1.64 bits per heavy atom. The lowest BCUT2D eigenvalue weighted by Gasteiger charge is -2.34. The summed E-state index contributed by atoms with van der Waals surface area (Å²) in [5.41, 5.74) is 4.18. The van der Waals surface area contributed by atoms with Crippen LogP contribution in [0.4, 0.5) is 5.69 Å². The molecule has 0 heterocycles. The molecule has 1 aliphatic rings. The van der Waals surface area contributed by atoms with Crippen molar-refractivity contribution in [3.05, 3.63) is 94.0 Å². The van der Waals surface area contributed by atoms with E-state index in [9.17, 15) is 18.0 Å². The first-order valence-electron chi connectivity index (χ1n) is 14.5. The number of hydrogen-bond donors (Lipinski definition) is 1. The van der Waals surface area contributed by atoms with Gasteiger partial charge in [-0.3, -0.25) is 13.9 Å². The van der Waals surface area contributed by atoms with E-state index >= 15 is 0 Å². The molecule has 4 rings (SSSR count). The van der Waals surface area contributed by atoms with E-state index in [0.717, 1.165) is 52.2 Å². The molecule has 1 aliphatic carbocycles. The van der Waals surface area contributed by atoms with E-state index in [1.807, 2.05) is 58.0 Å². The Balaban J connectivity index is 1.73. The predicted octanol–water partition coefficient (Wildman–Crippen LogP) is 6.33. The molecule has 2 amide bonds. The zero-order chi connectivity index (χ0) is 30.4. The maximum Gasteiger partial charge on any atom is 0.264 e. The SMILES string of the molecule is CCC(C(=O)NC1CCCC1)N(Cc1cccc(C)c1)C(=O)CN(c1ccc(C)c(C)c1)S(=O)(=O)c1ccc(Cl)cc1. The number of sulfonamides is 1. The lowest BCUT2D eigenvalue weighted by atomic mass is 10.1. The van der Waals surface area contributed by atoms with Gasteiger partial charge in [0.25, 0.3) is 10.0 Å². The van der Waals surface area contributed by atoms with Crippen LogP contribution in [0.15, 0.2) is 71.6 Å². The van der Waals surface area contributed by atoms with E-state index < -0.39 is 28.5 Å². The number of nitrogens with zero attached hydrogens (tertiary/aromatic N) is 2. The van der Waals surface area contributed by atoms with E-state index in [4.69, 9.17) is 11.6 Å². The van der Waals surface area contributed by atoms with Gasteiger partial charge in [0, 0.05) is 17.6 Å². The summed E-state index contributed by atoms with van der Waals surface area (Å²) in [5, 5.41) is 3.55. The van der Waals surface area contributed by atoms with Crippen molar-refractivity contribution in [1.29, 1.82) is 0 Å². The Kier molecular flexibility index (Phi) is 10.3. The van der Waals surface area contributed by atoms with Crippen molar-refractivity contribution in [1.82, 2.24) is 10.2 Å². The van der Waals surface area contributed by atoms with E-state index in [1.165, 1.54) is 29.2 Å². The van der Waals surface area contributed by atoms with Crippen molar-refractivity contribution in [2.24, 2.45) is 0 Å². The summed E-state index contributed by atoms with van der Waals surface area (Å²) in [5.74, 6) is -0.663. The molecule has 0 aliphatic heterocycles. The van der Waals surface area contributed by atoms with Crippen LogP contribution < -0.4 is 9.62 Å². The number of benzene rings is 3. The molecule has 0 spiro atoms. The van der Waals surface area contributed by atoms with Gasteiger partial charge in [0.1, 0.15) is 12.6 Å². The van der Waals surface area contributed by atoms with E-state index in [0.29, 0.717) is 17.1 Å². The quantitative estimate of drug-likeness (QED) is 0.275. The third-order valence-electron chi connectivity index (χ3n) is 7.98. The normalized spacial score (nSPS) is 14.4. The number of carbonyl (C=O) groups excluding carboxylic acids is 2. The number of nitrogens with one attached hydrogen (secondary N) is 1. The lowest BCUT2D eigenvalue weighted by Crippen LogP contribution is -2.53. The highest BCUT2D eigenvalue weighted by atomic mass is 35.5. The zero-order valence-electron chi connectivity index (χ0n) is 24.8. The van der Waals surface area contributed by atoms with Gasteiger partial charge in [-0.25, -0.2) is 8.42 Å². The maximum absolute atomic E-state index is 14.3. The minimum absolute atomic E-state index is 0.0224. The highest BCUT2D eigenvalue weighted by Crippen LogP contribution is 2.28. The van der Waals surface area contributed by atoms with Crippen LogP contribution in [0.25, 0.3) is 0 Å². The average molecular weight is 610 g/mol. The third-order valence-corrected chi connectivity index (χ3v) is 10.0. The first kappa shape index (κ1) is 31.6. The zero-order valence-corrected chi connectivity index (χ0v) is 26.3. The molecule has 0 bridgehead atoms. The van der Waals surface area contributed by atoms with Crippen LogP contribution >= 0.6 is 11.6 Å². The largest absolute Gasteiger partial charge is 0.352 e. The van der Waals surface area contributed by atoms with E-state index in [1.54, 1.807) is 12.1 Å². The van der Waals surface area contributed by atoms with Crippen LogP contribution in [-0.4, -0.2) is 43.8 Å². The van der Waals surface area contributed by atoms with E-state index in [-0.39, 0.29) is 23.4 Å². The van der Waals surface area contributed by atoms with Crippen LogP contribution in [0.3, 0.4) is 0 Å². The van der Waals surface area contributed by atoms with Crippen LogP contribution in [0, 0.1) is 20.8 Å². The van der Waals surface area contributed by atoms with Gasteiger partial charge in [-0.2, -0.15) is 0 Å². The van der Waals surface area contributed by atoms with Crippen LogP contribution in [0.5, 0.6) is 0 Å². The van der Waals surface area contributed by atoms with Crippen LogP contribution in [-0.2, 0) is 26.2 Å². The van der Waals surface area contributed by atoms with Crippen molar-refractivity contribution < 1.29 is 18.0 Å². The Labute approximate surface area is 254 Å². The molecule has 0 radical (unpaired) electrons. The van der Waals surface area contributed by atoms with Crippen molar-refractivity contribution in [3.8, 4) is 0 Å². The Hall–Kier alpha value is -3.36. The number of amides is 2. The second-order valence-corrected chi connectivity index (χ2v) is 13.5. The molecule has 3 aromatic carbocycles. The monoisotopic (exact) mass is 609 g/mol. The summed E-state index contributed by atoms with van der Waals surface area (Å²) in [6.07, 6.45) is 4.38. The van der Waals surface area contributed by atoms with Gasteiger partial charge in [-0.15, -0.1) is 0 Å². The first-order chi connectivity index (χ1) is 20.0. The number of halogens is 1. The fourth-order valence-corrected chi connectivity index (χ4v) is 6.97. The second kappa shape index (κ2) is 13.7. The molecular weight excluding hydrogens is 570 g/mol. The standard InChI is InChI=1S/C33H40ClN3O4S/c1-5-31(33(39)35-28-11-6-7-12-28)36(21-26-10-8-9-23(2)19-26)32(38)22-37(29-16-13-24(3)25(4)20-29)42(40,41)30-17-14-27(34)15-18-30/h8-10,13-20,28,31H,5-7,11-12,21-22H2,1-4H3,(H,35,39). The molecular formula is C33H40ClN3O4S. The molecule has 1 N–H and O–H groups in total. The second-order valence-electron chi connectivity index (χ2n) is 11.2. The Morgan fingerprint density at radius 3 is 2.26 bits per heavy atom. The summed E-state index contributed by atoms with van der Waals surface area (Å²) < 4.78 is 29.2. The fourth-order valence-electron chi connectivity index (χ4n) is 5.44. The van der Waals surface area contributed by atoms with Gasteiger partial charge in [-0.05, 0) is 93.1 Å². The van der Waals surface area contributed by atoms with Crippen molar-refractivity contribution in [2.45, 2.75) is 83.3 Å². The van der Waals surface area contributed by atoms with E-state index in [2.05, 4.69) is 5.32 Å². The average Bonchev–Trinajstić information content (AvgIpc) is 3.46. The third kappa shape index (κ3) is 7.53. The number of aryl methyl sites for hydroxylation is 3. The van der Waals surface area contributed by atoms with Gasteiger partial charge in [-0.1, -0.05) is 67.3 Å². The van der Waals surface area contributed by atoms with Gasteiger partial charge >= 0.3 is 0 Å². The van der Waals surface area contributed by atoms with Gasteiger partial charge in [0.15, 0.2) is 0 Å². The Morgan fingerprint density at radius 1 is 0.952 bits per heavy atom. The first-order valence-corrected chi connectivity index (χ1v) is 16.3. The molecule has 7 nitrogen and oxygen atoms in total. The molecule has 1 unspecified atom stereocenters. The minimum atomic E-state index is -4.15. The fraction of sp³-hybridized carbons (Fsp3) is 0.394. The molecule has 3 aromatic rings. The molecule has 0 aromatic heterocycles. The number of carbonyl (C=O) groups is 2. The maximum atomic E-state index is 14.3. The highest BCUT2D eigenvalue weighted by molar-refractivity contribution is 7.92. The molecule has 1 atom stereocenters. The molecule has 42 heavy (non-hydrogen) atoms. The number of anilines is 1. The molecule has 1 saturated carbocycles. The molecule has 224 valence electrons. The Bertz CT molecular complexity index is 1520. The molecule has 0 saturated heterocycles.